The maximum Gasteiger partial charge on any atom is 0.338 e. The van der Waals surface area contributed by atoms with Gasteiger partial charge in [0.1, 0.15) is 90.1 Å². The van der Waals surface area contributed by atoms with Crippen molar-refractivity contribution < 1.29 is 117 Å². The molecule has 3 aromatic carbocycles. The molecule has 12 N–H and O–H groups in total. The van der Waals surface area contributed by atoms with Gasteiger partial charge in [-0.25, -0.2) is 27.7 Å². The number of aromatic nitrogens is 6. The molecule has 95 heavy (non-hydrogen) atoms. The van der Waals surface area contributed by atoms with Crippen LogP contribution in [0.1, 0.15) is 81.7 Å². The number of carboxylic acids is 1. The zero-order valence-corrected chi connectivity index (χ0v) is 51.9. The summed E-state index contributed by atoms with van der Waals surface area (Å²) in [5, 5.41) is 133. The fourth-order valence-electron chi connectivity index (χ4n) is 12.9. The predicted octanol–water partition coefficient (Wildman–Crippen LogP) is -0.322. The molecule has 2 aliphatic carbocycles. The molecular weight excluding hydrogens is 1260 g/mol. The first-order chi connectivity index (χ1) is 45.5. The summed E-state index contributed by atoms with van der Waals surface area (Å²) in [7, 11) is 0. The lowest BCUT2D eigenvalue weighted by Crippen LogP contribution is -2.64. The quantitative estimate of drug-likeness (QED) is 0.0278. The largest absolute Gasteiger partial charge is 0.479 e. The Labute approximate surface area is 542 Å². The number of amides is 2. The summed E-state index contributed by atoms with van der Waals surface area (Å²) < 4.78 is 80.2. The van der Waals surface area contributed by atoms with Gasteiger partial charge in [0.15, 0.2) is 31.1 Å². The highest BCUT2D eigenvalue weighted by atomic mass is 19.1. The van der Waals surface area contributed by atoms with Crippen LogP contribution in [-0.4, -0.2) is 248 Å². The van der Waals surface area contributed by atoms with Crippen molar-refractivity contribution in [1.82, 2.24) is 40.6 Å². The number of carboxylic acid groups (broad SMARTS) is 1. The van der Waals surface area contributed by atoms with Crippen LogP contribution in [0.5, 0.6) is 0 Å². The maximum atomic E-state index is 14.4. The molecule has 3 saturated heterocycles. The van der Waals surface area contributed by atoms with Crippen LogP contribution in [0.3, 0.4) is 0 Å². The predicted molar refractivity (Wildman–Crippen MR) is 319 cm³/mol. The molecule has 2 amide bonds. The molecule has 0 radical (unpaired) electrons. The number of nitrogens with one attached hydrogen (secondary N) is 2. The van der Waals surface area contributed by atoms with Crippen molar-refractivity contribution in [3.8, 4) is 22.5 Å². The Bertz CT molecular complexity index is 3380. The van der Waals surface area contributed by atoms with Crippen LogP contribution in [0.4, 0.5) is 8.78 Å². The number of carbonyl (C=O) groups is 4. The standard InChI is InChI=1S/C63H80F2N8O22/c1-4-10-41(59(85)86)89-55-50(79)45(28-75)93-63(56(55)94-60(87)31-11-6-5-7-12-31)91-43-24-34(19-29(2)54(43)95-62-53(82)52(81)47(76)30(3)88-62)57(83)66-17-18-67-58(84)35-22-40(72-25-38(68-70-72)32-13-8-15-36(64)20-32)48(77)42(23-35)90-61-51(80)46(49(78)44(27-74)92-61)73-26-39(69-71-73)33-14-9-16-37(65)21-33/h5-9,11-16,20-21,25-26,29-30,34-35,40-56,61-63,74-82H,4,10,17-19,22-24,27-28H2,1-3H3,(H,66,83)(H,67,84)(H,85,86)/t29?,30?,34?,35?,40?,41-,42+,43+,44?,45?,46?,47+,48?,49-,50-,51?,52?,53?,54?,55?,56?,61+,62-,63+/m0/s1. The molecule has 5 fully saturated rings. The summed E-state index contributed by atoms with van der Waals surface area (Å²) >= 11 is 0. The van der Waals surface area contributed by atoms with Gasteiger partial charge in [-0.05, 0) is 81.3 Å². The van der Waals surface area contributed by atoms with Crippen molar-refractivity contribution >= 4 is 23.8 Å². The number of hydrogen-bond donors (Lipinski definition) is 12. The smallest absolute Gasteiger partial charge is 0.338 e. The van der Waals surface area contributed by atoms with Crippen LogP contribution < -0.4 is 10.6 Å². The third-order valence-electron chi connectivity index (χ3n) is 18.1. The van der Waals surface area contributed by atoms with Crippen molar-refractivity contribution in [3.63, 3.8) is 0 Å². The lowest BCUT2D eigenvalue weighted by atomic mass is 9.77. The van der Waals surface area contributed by atoms with Gasteiger partial charge >= 0.3 is 11.9 Å². The SMILES string of the molecule is CCC[C@H](OC1C(OC(=O)c2ccccc2)[C@H](O[C@@H]2CC(C(=O)NCCNC(=O)C3CC(n4cc(-c5cccc(F)c5)nn4)C(O)[C@H](O[C@@H]4OC(CO)[C@H](O)C(n5cc(-c6cccc(F)c6)nn5)C4O)C3)CC(C)C2O[C@@H]2OC(C)[C@@H](O)C(O)C2O)OC(CO)[C@@H]1O)C(=O)O. The third kappa shape index (κ3) is 16.2. The zero-order chi connectivity index (χ0) is 67.9. The number of hydrogen-bond acceptors (Lipinski definition) is 25. The van der Waals surface area contributed by atoms with Crippen molar-refractivity contribution in [3.05, 3.63) is 108 Å². The van der Waals surface area contributed by atoms with E-state index in [1.165, 1.54) is 72.5 Å². The highest BCUT2D eigenvalue weighted by Gasteiger charge is 2.55. The van der Waals surface area contributed by atoms with E-state index in [1.54, 1.807) is 44.2 Å². The number of rotatable bonds is 24. The fraction of sp³-hybridized carbons (Fsp3) is 0.587. The zero-order valence-electron chi connectivity index (χ0n) is 51.9. The Balaban J connectivity index is 0.860. The van der Waals surface area contributed by atoms with E-state index in [0.29, 0.717) is 17.5 Å². The topological polar surface area (TPSA) is 430 Å². The summed E-state index contributed by atoms with van der Waals surface area (Å²) in [5.74, 6) is -7.22. The van der Waals surface area contributed by atoms with Gasteiger partial charge in [0.2, 0.25) is 11.8 Å². The fourth-order valence-corrected chi connectivity index (χ4v) is 12.9. The lowest BCUT2D eigenvalue weighted by Gasteiger charge is -2.48. The van der Waals surface area contributed by atoms with E-state index in [9.17, 15) is 79.0 Å². The monoisotopic (exact) mass is 1340 g/mol. The van der Waals surface area contributed by atoms with E-state index in [-0.39, 0.29) is 62.1 Å². The van der Waals surface area contributed by atoms with E-state index in [4.69, 9.17) is 37.9 Å². The summed E-state index contributed by atoms with van der Waals surface area (Å²) in [4.78, 5) is 55.2. The number of ether oxygens (including phenoxy) is 8. The Hall–Kier alpha value is -6.96. The van der Waals surface area contributed by atoms with Gasteiger partial charge in [-0.3, -0.25) is 9.59 Å². The minimum Gasteiger partial charge on any atom is -0.479 e. The summed E-state index contributed by atoms with van der Waals surface area (Å²) in [5.41, 5.74) is 1.13. The van der Waals surface area contributed by atoms with E-state index >= 15 is 0 Å². The van der Waals surface area contributed by atoms with Gasteiger partial charge in [0.05, 0.1) is 61.6 Å². The van der Waals surface area contributed by atoms with Crippen LogP contribution in [0, 0.1) is 29.4 Å². The molecule has 32 heteroatoms. The van der Waals surface area contributed by atoms with Gasteiger partial charge < -0.3 is 99.6 Å². The summed E-state index contributed by atoms with van der Waals surface area (Å²) in [6.45, 7) is 2.86. The number of halogens is 2. The number of aliphatic hydroxyl groups excluding tert-OH is 9. The molecule has 2 aromatic heterocycles. The van der Waals surface area contributed by atoms with Crippen LogP contribution >= 0.6 is 0 Å². The molecule has 2 saturated carbocycles. The summed E-state index contributed by atoms with van der Waals surface area (Å²) in [6.07, 6.45) is -26.9. The van der Waals surface area contributed by atoms with E-state index < -0.39 is 195 Å². The van der Waals surface area contributed by atoms with Crippen LogP contribution in [0.25, 0.3) is 22.5 Å². The molecule has 15 unspecified atom stereocenters. The Morgan fingerprint density at radius 3 is 1.79 bits per heavy atom. The normalized spacial score (nSPS) is 34.6. The highest BCUT2D eigenvalue weighted by molar-refractivity contribution is 5.89. The minimum atomic E-state index is -1.80. The molecule has 518 valence electrons. The molecule has 3 aliphatic heterocycles. The first-order valence-electron chi connectivity index (χ1n) is 31.5. The Morgan fingerprint density at radius 2 is 1.18 bits per heavy atom. The second-order valence-corrected chi connectivity index (χ2v) is 24.6. The number of esters is 1. The van der Waals surface area contributed by atoms with Crippen molar-refractivity contribution in [2.75, 3.05) is 26.3 Å². The third-order valence-corrected chi connectivity index (χ3v) is 18.1. The highest BCUT2D eigenvalue weighted by Crippen LogP contribution is 2.42. The van der Waals surface area contributed by atoms with Gasteiger partial charge in [-0.15, -0.1) is 10.2 Å². The number of carbonyl (C=O) groups excluding carboxylic acids is 3. The Kier molecular flexibility index (Phi) is 23.5. The molecule has 30 nitrogen and oxygen atoms in total. The molecule has 5 aliphatic rings. The minimum absolute atomic E-state index is 0.0411. The Morgan fingerprint density at radius 1 is 0.611 bits per heavy atom. The van der Waals surface area contributed by atoms with Gasteiger partial charge in [0.25, 0.3) is 0 Å². The van der Waals surface area contributed by atoms with E-state index in [0.717, 1.165) is 4.68 Å². The van der Waals surface area contributed by atoms with Crippen molar-refractivity contribution in [1.29, 1.82) is 0 Å². The second kappa shape index (κ2) is 31.5. The molecule has 24 atom stereocenters. The first kappa shape index (κ1) is 70.8. The number of nitrogens with zero attached hydrogens (tertiary/aromatic N) is 6. The number of benzene rings is 3. The van der Waals surface area contributed by atoms with Crippen molar-refractivity contribution in [2.45, 2.75) is 188 Å². The van der Waals surface area contributed by atoms with Crippen LogP contribution in [-0.2, 0) is 52.3 Å². The van der Waals surface area contributed by atoms with Gasteiger partial charge in [-0.2, -0.15) is 0 Å². The average molecular weight is 1340 g/mol. The average Bonchev–Trinajstić information content (AvgIpc) is 1.51. The molecule has 0 bridgehead atoms. The maximum absolute atomic E-state index is 14.4. The van der Waals surface area contributed by atoms with Crippen LogP contribution in [0.15, 0.2) is 91.3 Å². The number of aliphatic hydroxyl groups is 9. The number of aliphatic carboxylic acids is 1. The molecule has 10 rings (SSSR count). The summed E-state index contributed by atoms with van der Waals surface area (Å²) in [6, 6.07) is 16.2. The molecule has 0 spiro atoms. The molecule has 5 heterocycles. The van der Waals surface area contributed by atoms with Gasteiger partial charge in [-0.1, -0.05) is 73.2 Å². The van der Waals surface area contributed by atoms with Crippen molar-refractivity contribution in [2.24, 2.45) is 17.8 Å². The van der Waals surface area contributed by atoms with Crippen LogP contribution in [0.2, 0.25) is 0 Å². The second-order valence-electron chi connectivity index (χ2n) is 24.6. The first-order valence-corrected chi connectivity index (χ1v) is 31.5. The lowest BCUT2D eigenvalue weighted by molar-refractivity contribution is -0.349. The van der Waals surface area contributed by atoms with E-state index in [1.807, 2.05) is 0 Å². The molecule has 5 aromatic rings. The van der Waals surface area contributed by atoms with E-state index in [2.05, 4.69) is 31.3 Å². The molecular formula is C63H80F2N8O22. The van der Waals surface area contributed by atoms with Gasteiger partial charge in [0, 0.05) is 36.1 Å².